The van der Waals surface area contributed by atoms with Gasteiger partial charge in [-0.25, -0.2) is 0 Å². The summed E-state index contributed by atoms with van der Waals surface area (Å²) >= 11 is 0. The van der Waals surface area contributed by atoms with Crippen molar-refractivity contribution in [3.63, 3.8) is 0 Å². The summed E-state index contributed by atoms with van der Waals surface area (Å²) in [5, 5.41) is 0. The normalized spacial score (nSPS) is 10.5. The Bertz CT molecular complexity index is 651. The van der Waals surface area contributed by atoms with Crippen LogP contribution < -0.4 is 5.73 Å². The molecule has 0 aromatic heterocycles. The van der Waals surface area contributed by atoms with Crippen LogP contribution in [-0.4, -0.2) is 50.5 Å². The Labute approximate surface area is 212 Å². The number of rotatable bonds is 17. The average Bonchev–Trinajstić information content (AvgIpc) is 2.75. The first-order valence-electron chi connectivity index (χ1n) is 11.3. The molecular formula is C24H42NNaO4S. The van der Waals surface area contributed by atoms with E-state index in [1.54, 1.807) is 30.3 Å². The molecule has 5 nitrogen and oxygen atoms in total. The van der Waals surface area contributed by atoms with Crippen molar-refractivity contribution >= 4 is 45.6 Å². The first-order valence-corrected chi connectivity index (χ1v) is 12.7. The van der Waals surface area contributed by atoms with Crippen LogP contribution in [0.2, 0.25) is 0 Å². The molecule has 0 atom stereocenters. The van der Waals surface area contributed by atoms with Gasteiger partial charge in [-0.1, -0.05) is 109 Å². The monoisotopic (exact) mass is 463 g/mol. The Kier molecular flexibility index (Phi) is 23.6. The molecule has 0 spiro atoms. The molecule has 0 saturated heterocycles. The molecule has 0 radical (unpaired) electrons. The molecule has 0 aliphatic rings. The Morgan fingerprint density at radius 2 is 1.26 bits per heavy atom. The summed E-state index contributed by atoms with van der Waals surface area (Å²) in [6, 6.07) is 8.35. The van der Waals surface area contributed by atoms with Crippen LogP contribution in [0, 0.1) is 0 Å². The van der Waals surface area contributed by atoms with Crippen LogP contribution in [0.1, 0.15) is 90.4 Å². The minimum absolute atomic E-state index is 0. The zero-order valence-corrected chi connectivity index (χ0v) is 19.5. The second-order valence-corrected chi connectivity index (χ2v) is 9.05. The van der Waals surface area contributed by atoms with Crippen molar-refractivity contribution in [2.75, 3.05) is 6.61 Å². The molecule has 7 heteroatoms. The molecular weight excluding hydrogens is 421 g/mol. The van der Waals surface area contributed by atoms with Crippen molar-refractivity contribution in [2.45, 2.75) is 95.3 Å². The fraction of sp³-hybridized carbons (Fsp3) is 0.625. The Hall–Kier alpha value is -0.660. The van der Waals surface area contributed by atoms with Gasteiger partial charge in [0, 0.05) is 0 Å². The molecule has 31 heavy (non-hydrogen) atoms. The molecule has 1 aromatic rings. The number of hydrogen-bond acceptors (Lipinski definition) is 4. The van der Waals surface area contributed by atoms with Crippen molar-refractivity contribution in [3.8, 4) is 0 Å². The van der Waals surface area contributed by atoms with E-state index in [9.17, 15) is 13.2 Å². The third-order valence-corrected chi connectivity index (χ3v) is 6.05. The molecule has 0 aliphatic carbocycles. The number of nitrogens with two attached hydrogens (primary N) is 1. The molecule has 1 amide bonds. The molecule has 2 N–H and O–H groups in total. The number of carbonyl (C=O) groups is 1. The van der Waals surface area contributed by atoms with Crippen molar-refractivity contribution in [1.29, 1.82) is 0 Å². The van der Waals surface area contributed by atoms with Crippen LogP contribution >= 0.6 is 0 Å². The average molecular weight is 464 g/mol. The first kappa shape index (κ1) is 32.5. The second kappa shape index (κ2) is 22.5. The van der Waals surface area contributed by atoms with Crippen LogP contribution in [0.25, 0.3) is 0 Å². The molecule has 1 rings (SSSR count). The van der Waals surface area contributed by atoms with E-state index in [2.05, 4.69) is 19.2 Å². The van der Waals surface area contributed by atoms with Crippen LogP contribution in [0.15, 0.2) is 47.9 Å². The third-order valence-electron chi connectivity index (χ3n) is 4.72. The van der Waals surface area contributed by atoms with Crippen molar-refractivity contribution < 1.29 is 17.4 Å². The Balaban J connectivity index is 0. The van der Waals surface area contributed by atoms with Gasteiger partial charge in [0.15, 0.2) is 0 Å². The number of carbonyl (C=O) groups excluding carboxylic acids is 1. The summed E-state index contributed by atoms with van der Waals surface area (Å²) in [7, 11) is -3.58. The number of benzene rings is 1. The van der Waals surface area contributed by atoms with E-state index in [0.717, 1.165) is 18.9 Å². The Morgan fingerprint density at radius 3 is 1.65 bits per heavy atom. The third kappa shape index (κ3) is 21.0. The maximum atomic E-state index is 11.9. The zero-order chi connectivity index (χ0) is 22.5. The number of primary amides is 1. The van der Waals surface area contributed by atoms with Crippen LogP contribution in [-0.2, 0) is 19.1 Å². The zero-order valence-electron chi connectivity index (χ0n) is 18.7. The quantitative estimate of drug-likeness (QED) is 0.143. The number of unbranched alkanes of at least 4 members (excludes halogenated alkanes) is 12. The van der Waals surface area contributed by atoms with E-state index in [0.29, 0.717) is 0 Å². The van der Waals surface area contributed by atoms with Crippen LogP contribution in [0.5, 0.6) is 0 Å². The SMILES string of the molecule is C=CC(N)=O.CCCCCCCCCCCCCCCOS(=O)(=O)c1ccccc1.[NaH]. The van der Waals surface area contributed by atoms with Gasteiger partial charge < -0.3 is 5.73 Å². The van der Waals surface area contributed by atoms with E-state index < -0.39 is 16.0 Å². The molecule has 0 heterocycles. The fourth-order valence-electron chi connectivity index (χ4n) is 2.94. The molecule has 0 saturated carbocycles. The van der Waals surface area contributed by atoms with Crippen molar-refractivity contribution in [2.24, 2.45) is 5.73 Å². The Morgan fingerprint density at radius 1 is 0.871 bits per heavy atom. The van der Waals surface area contributed by atoms with Crippen molar-refractivity contribution in [3.05, 3.63) is 43.0 Å². The molecule has 0 bridgehead atoms. The van der Waals surface area contributed by atoms with E-state index in [-0.39, 0.29) is 41.1 Å². The predicted octanol–water partition coefficient (Wildman–Crippen LogP) is 5.49. The van der Waals surface area contributed by atoms with Gasteiger partial charge in [-0.15, -0.1) is 0 Å². The molecule has 1 aromatic carbocycles. The van der Waals surface area contributed by atoms with Gasteiger partial charge in [-0.2, -0.15) is 8.42 Å². The van der Waals surface area contributed by atoms with Crippen LogP contribution in [0.3, 0.4) is 0 Å². The summed E-state index contributed by atoms with van der Waals surface area (Å²) in [6.45, 7) is 5.63. The first-order chi connectivity index (χ1) is 14.4. The van der Waals surface area contributed by atoms with E-state index in [1.165, 1.54) is 70.6 Å². The number of hydrogen-bond donors (Lipinski definition) is 1. The summed E-state index contributed by atoms with van der Waals surface area (Å²) in [4.78, 5) is 9.71. The standard InChI is InChI=1S/C21H36O3S.C3H5NO.Na.H/c1-2-3-4-5-6-7-8-9-10-11-12-13-17-20-24-25(22,23)21-18-15-14-16-19-21;1-2-3(4)5;;/h14-16,18-19H,2-13,17,20H2,1H3;2H,1H2,(H2,4,5);;. The second-order valence-electron chi connectivity index (χ2n) is 7.44. The topological polar surface area (TPSA) is 86.5 Å². The molecule has 0 fully saturated rings. The van der Waals surface area contributed by atoms with Gasteiger partial charge in [-0.3, -0.25) is 8.98 Å². The van der Waals surface area contributed by atoms with E-state index in [4.69, 9.17) is 4.18 Å². The van der Waals surface area contributed by atoms with Gasteiger partial charge in [0.1, 0.15) is 0 Å². The number of amides is 1. The van der Waals surface area contributed by atoms with Gasteiger partial charge in [0.25, 0.3) is 10.1 Å². The van der Waals surface area contributed by atoms with Gasteiger partial charge in [0.2, 0.25) is 5.91 Å². The molecule has 0 unspecified atom stereocenters. The van der Waals surface area contributed by atoms with Crippen LogP contribution in [0.4, 0.5) is 0 Å². The summed E-state index contributed by atoms with van der Waals surface area (Å²) in [5.74, 6) is -0.481. The molecule has 174 valence electrons. The summed E-state index contributed by atoms with van der Waals surface area (Å²) < 4.78 is 28.9. The fourth-order valence-corrected chi connectivity index (χ4v) is 3.91. The van der Waals surface area contributed by atoms with Gasteiger partial charge in [0.05, 0.1) is 11.5 Å². The minimum atomic E-state index is -3.58. The summed E-state index contributed by atoms with van der Waals surface area (Å²) in [6.07, 6.45) is 17.6. The summed E-state index contributed by atoms with van der Waals surface area (Å²) in [5.41, 5.74) is 4.53. The van der Waals surface area contributed by atoms with Crippen molar-refractivity contribution in [1.82, 2.24) is 0 Å². The molecule has 0 aliphatic heterocycles. The van der Waals surface area contributed by atoms with Gasteiger partial charge in [-0.05, 0) is 24.6 Å². The maximum absolute atomic E-state index is 11.9. The van der Waals surface area contributed by atoms with Gasteiger partial charge >= 0.3 is 29.6 Å². The van der Waals surface area contributed by atoms with E-state index in [1.807, 2.05) is 0 Å². The van der Waals surface area contributed by atoms with E-state index >= 15 is 0 Å². The predicted molar refractivity (Wildman–Crippen MR) is 132 cm³/mol.